The first kappa shape index (κ1) is 22.9. The van der Waals surface area contributed by atoms with Crippen molar-refractivity contribution in [1.82, 2.24) is 14.5 Å². The number of halogens is 3. The zero-order valence-corrected chi connectivity index (χ0v) is 16.3. The summed E-state index contributed by atoms with van der Waals surface area (Å²) in [5.74, 6) is -1.05. The van der Waals surface area contributed by atoms with Gasteiger partial charge >= 0.3 is 12.1 Å². The number of aromatic nitrogens is 2. The molecule has 9 heteroatoms. The molecule has 1 aliphatic heterocycles. The van der Waals surface area contributed by atoms with Crippen LogP contribution < -0.4 is 0 Å². The lowest BCUT2D eigenvalue weighted by molar-refractivity contribution is -0.192. The molecule has 0 amide bonds. The molecule has 0 bridgehead atoms. The molecule has 1 aromatic carbocycles. The molecule has 0 aliphatic carbocycles. The topological polar surface area (TPSA) is 67.6 Å². The maximum absolute atomic E-state index is 10.6. The largest absolute Gasteiger partial charge is 0.490 e. The summed E-state index contributed by atoms with van der Waals surface area (Å²) in [6.45, 7) is 7.77. The number of ether oxygens (including phenoxy) is 1. The van der Waals surface area contributed by atoms with Crippen molar-refractivity contribution in [3.8, 4) is 0 Å². The van der Waals surface area contributed by atoms with Gasteiger partial charge in [0.05, 0.1) is 13.2 Å². The van der Waals surface area contributed by atoms with Crippen LogP contribution in [0, 0.1) is 5.92 Å². The number of hydrogen-bond acceptors (Lipinski definition) is 4. The lowest BCUT2D eigenvalue weighted by atomic mass is 10.1. The fourth-order valence-electron chi connectivity index (χ4n) is 3.12. The van der Waals surface area contributed by atoms with Crippen LogP contribution in [-0.2, 0) is 29.0 Å². The molecule has 2 aromatic rings. The monoisotopic (exact) mass is 413 g/mol. The van der Waals surface area contributed by atoms with Gasteiger partial charge < -0.3 is 14.4 Å². The van der Waals surface area contributed by atoms with Gasteiger partial charge in [0.15, 0.2) is 0 Å². The van der Waals surface area contributed by atoms with Crippen molar-refractivity contribution in [1.29, 1.82) is 0 Å². The second kappa shape index (κ2) is 11.0. The number of hydrogen-bond donors (Lipinski definition) is 1. The number of nitrogens with zero attached hydrogens (tertiary/aromatic N) is 3. The molecular formula is C20H26F3N3O3. The summed E-state index contributed by atoms with van der Waals surface area (Å²) in [6, 6.07) is 10.7. The number of benzene rings is 1. The Kier molecular flexibility index (Phi) is 8.66. The predicted molar refractivity (Wildman–Crippen MR) is 101 cm³/mol. The normalized spacial score (nSPS) is 17.0. The van der Waals surface area contributed by atoms with Gasteiger partial charge in [-0.05, 0) is 18.9 Å². The Bertz CT molecular complexity index is 750. The predicted octanol–water partition coefficient (Wildman–Crippen LogP) is 3.23. The average Bonchev–Trinajstić information content (AvgIpc) is 3.04. The van der Waals surface area contributed by atoms with E-state index in [1.54, 1.807) is 0 Å². The summed E-state index contributed by atoms with van der Waals surface area (Å²) >= 11 is 0. The Hall–Kier alpha value is -2.39. The summed E-state index contributed by atoms with van der Waals surface area (Å²) in [6.07, 6.45) is 0.00560. The minimum Gasteiger partial charge on any atom is -0.475 e. The van der Waals surface area contributed by atoms with Crippen LogP contribution in [0.5, 0.6) is 0 Å². The molecule has 0 radical (unpaired) electrons. The van der Waals surface area contributed by atoms with E-state index in [9.17, 15) is 13.2 Å². The van der Waals surface area contributed by atoms with E-state index in [2.05, 4.69) is 57.9 Å². The molecule has 0 spiro atoms. The average molecular weight is 413 g/mol. The van der Waals surface area contributed by atoms with Gasteiger partial charge in [-0.25, -0.2) is 9.78 Å². The van der Waals surface area contributed by atoms with Crippen molar-refractivity contribution < 1.29 is 27.8 Å². The number of fused-ring (bicyclic) bond motifs is 1. The number of alkyl halides is 3. The molecule has 1 N–H and O–H groups in total. The minimum atomic E-state index is -5.08. The summed E-state index contributed by atoms with van der Waals surface area (Å²) in [4.78, 5) is 15.9. The zero-order chi connectivity index (χ0) is 21.3. The fourth-order valence-corrected chi connectivity index (χ4v) is 3.12. The number of aliphatic carboxylic acids is 1. The van der Waals surface area contributed by atoms with E-state index in [0.29, 0.717) is 5.92 Å². The molecule has 0 saturated heterocycles. The highest BCUT2D eigenvalue weighted by Gasteiger charge is 2.38. The first-order chi connectivity index (χ1) is 13.8. The molecular weight excluding hydrogens is 387 g/mol. The van der Waals surface area contributed by atoms with E-state index in [4.69, 9.17) is 14.6 Å². The van der Waals surface area contributed by atoms with E-state index in [1.807, 2.05) is 6.20 Å². The third-order valence-electron chi connectivity index (χ3n) is 4.50. The van der Waals surface area contributed by atoms with Gasteiger partial charge in [-0.3, -0.25) is 4.90 Å². The highest BCUT2D eigenvalue weighted by atomic mass is 19.4. The number of carbonyl (C=O) groups is 1. The maximum Gasteiger partial charge on any atom is 0.490 e. The molecule has 2 heterocycles. The van der Waals surface area contributed by atoms with Gasteiger partial charge in [-0.2, -0.15) is 13.2 Å². The van der Waals surface area contributed by atoms with Crippen LogP contribution in [-0.4, -0.2) is 58.0 Å². The van der Waals surface area contributed by atoms with Crippen LogP contribution in [0.25, 0.3) is 0 Å². The van der Waals surface area contributed by atoms with E-state index in [1.165, 1.54) is 11.4 Å². The second-order valence-corrected chi connectivity index (χ2v) is 6.79. The number of carboxylic acids is 1. The Balaban J connectivity index is 0.000000370. The van der Waals surface area contributed by atoms with Gasteiger partial charge in [0.25, 0.3) is 0 Å². The van der Waals surface area contributed by atoms with Crippen LogP contribution >= 0.6 is 0 Å². The summed E-state index contributed by atoms with van der Waals surface area (Å²) in [5, 5.41) is 7.12. The lowest BCUT2D eigenvalue weighted by Crippen LogP contribution is -2.32. The summed E-state index contributed by atoms with van der Waals surface area (Å²) in [5.41, 5.74) is 1.40. The molecule has 0 saturated carbocycles. The quantitative estimate of drug-likeness (QED) is 0.788. The van der Waals surface area contributed by atoms with Crippen molar-refractivity contribution in [2.45, 2.75) is 32.6 Å². The molecule has 6 nitrogen and oxygen atoms in total. The Morgan fingerprint density at radius 3 is 2.59 bits per heavy atom. The standard InChI is InChI=1S/C18H25N3O.C2HF3O2/c1-2-22-15-17-12-20(10-8-16-6-4-3-5-7-16)14-18-19-9-11-21(18)13-17;3-2(4,5)1(6)7/h3-7,9,11,17H,2,8,10,12-15H2,1H3;(H,6,7). The van der Waals surface area contributed by atoms with Crippen molar-refractivity contribution in [3.05, 3.63) is 54.1 Å². The van der Waals surface area contributed by atoms with Gasteiger partial charge in [0.1, 0.15) is 5.82 Å². The van der Waals surface area contributed by atoms with Crippen molar-refractivity contribution >= 4 is 5.97 Å². The second-order valence-electron chi connectivity index (χ2n) is 6.79. The van der Waals surface area contributed by atoms with Gasteiger partial charge in [-0.15, -0.1) is 0 Å². The number of imidazole rings is 1. The summed E-state index contributed by atoms with van der Waals surface area (Å²) < 4.78 is 39.7. The maximum atomic E-state index is 10.6. The molecule has 1 aliphatic rings. The first-order valence-electron chi connectivity index (χ1n) is 9.43. The highest BCUT2D eigenvalue weighted by Crippen LogP contribution is 2.16. The molecule has 1 atom stereocenters. The van der Waals surface area contributed by atoms with Crippen LogP contribution in [0.4, 0.5) is 13.2 Å². The Morgan fingerprint density at radius 2 is 1.97 bits per heavy atom. The van der Waals surface area contributed by atoms with Crippen LogP contribution in [0.2, 0.25) is 0 Å². The first-order valence-corrected chi connectivity index (χ1v) is 9.43. The smallest absolute Gasteiger partial charge is 0.475 e. The fraction of sp³-hybridized carbons (Fsp3) is 0.500. The third-order valence-corrected chi connectivity index (χ3v) is 4.50. The molecule has 0 fully saturated rings. The number of carboxylic acid groups (broad SMARTS) is 1. The Labute approximate surface area is 167 Å². The van der Waals surface area contributed by atoms with E-state index in [0.717, 1.165) is 45.8 Å². The SMILES string of the molecule is CCOCC1CN(CCc2ccccc2)Cc2nccn2C1.O=C(O)C(F)(F)F. The molecule has 29 heavy (non-hydrogen) atoms. The number of rotatable bonds is 6. The molecule has 160 valence electrons. The van der Waals surface area contributed by atoms with Crippen molar-refractivity contribution in [2.75, 3.05) is 26.3 Å². The molecule has 1 aromatic heterocycles. The molecule has 1 unspecified atom stereocenters. The third kappa shape index (κ3) is 7.86. The van der Waals surface area contributed by atoms with Crippen LogP contribution in [0.3, 0.4) is 0 Å². The molecule has 3 rings (SSSR count). The van der Waals surface area contributed by atoms with Crippen molar-refractivity contribution in [2.24, 2.45) is 5.92 Å². The lowest BCUT2D eigenvalue weighted by Gasteiger charge is -2.23. The van der Waals surface area contributed by atoms with Crippen LogP contribution in [0.1, 0.15) is 18.3 Å². The van der Waals surface area contributed by atoms with Crippen molar-refractivity contribution in [3.63, 3.8) is 0 Å². The van der Waals surface area contributed by atoms with E-state index in [-0.39, 0.29) is 0 Å². The Morgan fingerprint density at radius 1 is 1.28 bits per heavy atom. The zero-order valence-electron chi connectivity index (χ0n) is 16.3. The van der Waals surface area contributed by atoms with E-state index >= 15 is 0 Å². The van der Waals surface area contributed by atoms with E-state index < -0.39 is 12.1 Å². The summed E-state index contributed by atoms with van der Waals surface area (Å²) in [7, 11) is 0. The van der Waals surface area contributed by atoms with Gasteiger partial charge in [0, 0.05) is 44.6 Å². The van der Waals surface area contributed by atoms with Gasteiger partial charge in [0.2, 0.25) is 0 Å². The van der Waals surface area contributed by atoms with Crippen LogP contribution in [0.15, 0.2) is 42.7 Å². The highest BCUT2D eigenvalue weighted by molar-refractivity contribution is 5.73. The van der Waals surface area contributed by atoms with Gasteiger partial charge in [-0.1, -0.05) is 30.3 Å². The minimum absolute atomic E-state index is 0.533.